The van der Waals surface area contributed by atoms with Gasteiger partial charge in [0.2, 0.25) is 5.89 Å². The molecule has 0 aliphatic carbocycles. The molecule has 180 valence electrons. The van der Waals surface area contributed by atoms with E-state index in [0.29, 0.717) is 24.7 Å². The predicted octanol–water partition coefficient (Wildman–Crippen LogP) is 2.95. The van der Waals surface area contributed by atoms with E-state index in [1.807, 2.05) is 48.5 Å². The molecule has 0 bridgehead atoms. The van der Waals surface area contributed by atoms with E-state index in [0.717, 1.165) is 62.8 Å². The lowest BCUT2D eigenvalue weighted by molar-refractivity contribution is 0.0320. The molecule has 0 radical (unpaired) electrons. The second-order valence-electron chi connectivity index (χ2n) is 8.31. The molecule has 1 saturated heterocycles. The topological polar surface area (TPSA) is 80.1 Å². The smallest absolute Gasteiger partial charge is 0.273 e. The van der Waals surface area contributed by atoms with Crippen molar-refractivity contribution >= 4 is 5.91 Å². The van der Waals surface area contributed by atoms with E-state index in [-0.39, 0.29) is 5.91 Å². The molecule has 8 heteroatoms. The van der Waals surface area contributed by atoms with E-state index in [9.17, 15) is 4.79 Å². The number of benzene rings is 2. The maximum Gasteiger partial charge on any atom is 0.273 e. The number of hydrogen-bond donors (Lipinski definition) is 1. The van der Waals surface area contributed by atoms with Gasteiger partial charge in [-0.15, -0.1) is 0 Å². The third kappa shape index (κ3) is 7.15. The molecule has 2 heterocycles. The van der Waals surface area contributed by atoms with Gasteiger partial charge in [-0.1, -0.05) is 42.5 Å². The molecular weight excluding hydrogens is 432 g/mol. The number of nitrogens with zero attached hydrogens (tertiary/aromatic N) is 3. The highest BCUT2D eigenvalue weighted by atomic mass is 16.5. The third-order valence-corrected chi connectivity index (χ3v) is 5.82. The Bertz CT molecular complexity index is 1030. The van der Waals surface area contributed by atoms with Gasteiger partial charge >= 0.3 is 0 Å². The number of oxazole rings is 1. The lowest BCUT2D eigenvalue weighted by Gasteiger charge is -2.29. The average Bonchev–Trinajstić information content (AvgIpc) is 3.36. The Kier molecular flexibility index (Phi) is 8.67. The number of carbonyl (C=O) groups is 1. The standard InChI is InChI=1S/C26H32N4O4/c1-32-23-9-5-8-22(16-23)18-30(11-10-29-12-14-33-15-13-29)19-25-28-24(20-34-25)26(31)27-17-21-6-3-2-4-7-21/h2-9,16,20H,10-15,17-19H2,1H3,(H,27,31). The number of nitrogens with one attached hydrogen (secondary N) is 1. The van der Waals surface area contributed by atoms with Crippen LogP contribution >= 0.6 is 0 Å². The summed E-state index contributed by atoms with van der Waals surface area (Å²) in [4.78, 5) is 21.7. The van der Waals surface area contributed by atoms with Crippen molar-refractivity contribution in [2.24, 2.45) is 0 Å². The number of hydrogen-bond acceptors (Lipinski definition) is 7. The van der Waals surface area contributed by atoms with Crippen molar-refractivity contribution in [3.63, 3.8) is 0 Å². The molecule has 0 atom stereocenters. The van der Waals surface area contributed by atoms with E-state index >= 15 is 0 Å². The highest BCUT2D eigenvalue weighted by Gasteiger charge is 2.17. The van der Waals surface area contributed by atoms with Crippen molar-refractivity contribution in [2.75, 3.05) is 46.5 Å². The van der Waals surface area contributed by atoms with Gasteiger partial charge in [-0.25, -0.2) is 4.98 Å². The minimum absolute atomic E-state index is 0.244. The summed E-state index contributed by atoms with van der Waals surface area (Å²) in [5, 5.41) is 2.90. The Balaban J connectivity index is 1.38. The van der Waals surface area contributed by atoms with Gasteiger partial charge in [0.1, 0.15) is 12.0 Å². The first-order valence-corrected chi connectivity index (χ1v) is 11.6. The lowest BCUT2D eigenvalue weighted by Crippen LogP contribution is -2.41. The summed E-state index contributed by atoms with van der Waals surface area (Å²) in [6.45, 7) is 6.88. The Morgan fingerprint density at radius 1 is 1.09 bits per heavy atom. The summed E-state index contributed by atoms with van der Waals surface area (Å²) in [5.41, 5.74) is 2.47. The van der Waals surface area contributed by atoms with Crippen LogP contribution in [0, 0.1) is 0 Å². The molecule has 2 aromatic carbocycles. The molecule has 34 heavy (non-hydrogen) atoms. The van der Waals surface area contributed by atoms with Crippen molar-refractivity contribution in [3.05, 3.63) is 83.6 Å². The van der Waals surface area contributed by atoms with Crippen molar-refractivity contribution in [2.45, 2.75) is 19.6 Å². The number of amides is 1. The molecule has 1 aliphatic heterocycles. The lowest BCUT2D eigenvalue weighted by atomic mass is 10.2. The summed E-state index contributed by atoms with van der Waals surface area (Å²) in [6, 6.07) is 17.9. The summed E-state index contributed by atoms with van der Waals surface area (Å²) < 4.78 is 16.5. The molecule has 0 unspecified atom stereocenters. The van der Waals surface area contributed by atoms with Gasteiger partial charge in [-0.2, -0.15) is 0 Å². The van der Waals surface area contributed by atoms with Crippen LogP contribution in [-0.4, -0.2) is 67.2 Å². The van der Waals surface area contributed by atoms with Gasteiger partial charge in [0.05, 0.1) is 26.9 Å². The van der Waals surface area contributed by atoms with Crippen LogP contribution in [0.1, 0.15) is 27.5 Å². The SMILES string of the molecule is COc1cccc(CN(CCN2CCOCC2)Cc2nc(C(=O)NCc3ccccc3)co2)c1. The number of rotatable bonds is 11. The highest BCUT2D eigenvalue weighted by molar-refractivity contribution is 5.91. The van der Waals surface area contributed by atoms with Gasteiger partial charge in [-0.3, -0.25) is 14.6 Å². The van der Waals surface area contributed by atoms with Crippen molar-refractivity contribution < 1.29 is 18.7 Å². The number of methoxy groups -OCH3 is 1. The van der Waals surface area contributed by atoms with Crippen LogP contribution in [0.15, 0.2) is 65.3 Å². The first-order chi connectivity index (χ1) is 16.7. The molecule has 8 nitrogen and oxygen atoms in total. The van der Waals surface area contributed by atoms with Gasteiger partial charge in [0, 0.05) is 39.3 Å². The molecule has 3 aromatic rings. The largest absolute Gasteiger partial charge is 0.497 e. The number of ether oxygens (including phenoxy) is 2. The molecular formula is C26H32N4O4. The molecule has 0 saturated carbocycles. The number of morpholine rings is 1. The fourth-order valence-corrected chi connectivity index (χ4v) is 3.90. The zero-order chi connectivity index (χ0) is 23.6. The van der Waals surface area contributed by atoms with Crippen LogP contribution in [0.3, 0.4) is 0 Å². The van der Waals surface area contributed by atoms with Crippen LogP contribution in [0.4, 0.5) is 0 Å². The number of carbonyl (C=O) groups excluding carboxylic acids is 1. The fraction of sp³-hybridized carbons (Fsp3) is 0.385. The quantitative estimate of drug-likeness (QED) is 0.467. The maximum absolute atomic E-state index is 12.5. The van der Waals surface area contributed by atoms with Gasteiger partial charge in [-0.05, 0) is 23.3 Å². The second kappa shape index (κ2) is 12.3. The Labute approximate surface area is 200 Å². The minimum atomic E-state index is -0.244. The molecule has 1 fully saturated rings. The van der Waals surface area contributed by atoms with E-state index in [1.54, 1.807) is 7.11 Å². The van der Waals surface area contributed by atoms with Gasteiger partial charge < -0.3 is 19.2 Å². The summed E-state index contributed by atoms with van der Waals surface area (Å²) in [7, 11) is 1.67. The molecule has 1 N–H and O–H groups in total. The van der Waals surface area contributed by atoms with Crippen LogP contribution in [0.25, 0.3) is 0 Å². The second-order valence-corrected chi connectivity index (χ2v) is 8.31. The Morgan fingerprint density at radius 3 is 2.68 bits per heavy atom. The Morgan fingerprint density at radius 2 is 1.88 bits per heavy atom. The zero-order valence-corrected chi connectivity index (χ0v) is 19.6. The monoisotopic (exact) mass is 464 g/mol. The predicted molar refractivity (Wildman–Crippen MR) is 128 cm³/mol. The number of aromatic nitrogens is 1. The molecule has 1 amide bonds. The normalized spacial score (nSPS) is 14.3. The Hall–Kier alpha value is -3.20. The van der Waals surface area contributed by atoms with Crippen molar-refractivity contribution in [1.82, 2.24) is 20.1 Å². The van der Waals surface area contributed by atoms with Crippen molar-refractivity contribution in [3.8, 4) is 5.75 Å². The molecule has 4 rings (SSSR count). The van der Waals surface area contributed by atoms with E-state index < -0.39 is 0 Å². The van der Waals surface area contributed by atoms with Gasteiger partial charge in [0.25, 0.3) is 5.91 Å². The van der Waals surface area contributed by atoms with E-state index in [4.69, 9.17) is 13.9 Å². The summed E-state index contributed by atoms with van der Waals surface area (Å²) in [6.07, 6.45) is 1.43. The third-order valence-electron chi connectivity index (χ3n) is 5.82. The molecule has 1 aromatic heterocycles. The maximum atomic E-state index is 12.5. The summed E-state index contributed by atoms with van der Waals surface area (Å²) in [5.74, 6) is 1.11. The van der Waals surface area contributed by atoms with Crippen LogP contribution in [0.2, 0.25) is 0 Å². The van der Waals surface area contributed by atoms with Crippen LogP contribution in [-0.2, 0) is 24.4 Å². The average molecular weight is 465 g/mol. The summed E-state index contributed by atoms with van der Waals surface area (Å²) >= 11 is 0. The first kappa shape index (κ1) is 23.9. The minimum Gasteiger partial charge on any atom is -0.497 e. The fourth-order valence-electron chi connectivity index (χ4n) is 3.90. The zero-order valence-electron chi connectivity index (χ0n) is 19.6. The van der Waals surface area contributed by atoms with Crippen molar-refractivity contribution in [1.29, 1.82) is 0 Å². The van der Waals surface area contributed by atoms with Gasteiger partial charge in [0.15, 0.2) is 5.69 Å². The first-order valence-electron chi connectivity index (χ1n) is 11.6. The molecule has 1 aliphatic rings. The van der Waals surface area contributed by atoms with E-state index in [2.05, 4.69) is 26.2 Å². The van der Waals surface area contributed by atoms with E-state index in [1.165, 1.54) is 6.26 Å². The molecule has 0 spiro atoms. The van der Waals surface area contributed by atoms with Crippen LogP contribution < -0.4 is 10.1 Å². The highest BCUT2D eigenvalue weighted by Crippen LogP contribution is 2.16. The van der Waals surface area contributed by atoms with Crippen LogP contribution in [0.5, 0.6) is 5.75 Å².